The van der Waals surface area contributed by atoms with E-state index in [0.717, 1.165) is 5.56 Å². The van der Waals surface area contributed by atoms with E-state index in [4.69, 9.17) is 16.3 Å². The van der Waals surface area contributed by atoms with Gasteiger partial charge in [-0.15, -0.1) is 0 Å². The van der Waals surface area contributed by atoms with Crippen LogP contribution >= 0.6 is 11.6 Å². The van der Waals surface area contributed by atoms with E-state index in [-0.39, 0.29) is 36.8 Å². The van der Waals surface area contributed by atoms with E-state index in [1.165, 1.54) is 4.90 Å². The highest BCUT2D eigenvalue weighted by molar-refractivity contribution is 6.34. The van der Waals surface area contributed by atoms with Crippen LogP contribution in [0.15, 0.2) is 42.5 Å². The standard InChI is InChI=1S/C30H38ClN3O5/c1-6-29-12-8-14-32(5)26(36)22(29)23-27(37)34(20(17-35)16-18(2)3)25-28(38)33(15-9-13-30(23,25)39-29)24-19(4)10-7-11-21(24)31/h7-13,18,20,22-23,25,35H,6,14-17H2,1-5H3/t20-,22+,23+,25?,29-,30+/m1/s1. The largest absolute Gasteiger partial charge is 0.394 e. The Morgan fingerprint density at radius 2 is 1.79 bits per heavy atom. The van der Waals surface area contributed by atoms with Crippen LogP contribution in [0.1, 0.15) is 39.2 Å². The molecule has 210 valence electrons. The van der Waals surface area contributed by atoms with E-state index in [1.54, 1.807) is 22.9 Å². The maximum absolute atomic E-state index is 14.7. The third-order valence-corrected chi connectivity index (χ3v) is 9.19. The average Bonchev–Trinajstić information content (AvgIpc) is 3.20. The van der Waals surface area contributed by atoms with Crippen molar-refractivity contribution in [1.29, 1.82) is 0 Å². The fourth-order valence-corrected chi connectivity index (χ4v) is 7.52. The number of carbonyl (C=O) groups excluding carboxylic acids is 3. The van der Waals surface area contributed by atoms with E-state index in [1.807, 2.05) is 64.1 Å². The first-order chi connectivity index (χ1) is 18.5. The van der Waals surface area contributed by atoms with E-state index in [2.05, 4.69) is 0 Å². The zero-order chi connectivity index (χ0) is 28.3. The smallest absolute Gasteiger partial charge is 0.253 e. The number of rotatable bonds is 6. The minimum atomic E-state index is -1.37. The Morgan fingerprint density at radius 1 is 1.08 bits per heavy atom. The van der Waals surface area contributed by atoms with Crippen LogP contribution < -0.4 is 4.90 Å². The van der Waals surface area contributed by atoms with Crippen LogP contribution in [0.4, 0.5) is 5.69 Å². The summed E-state index contributed by atoms with van der Waals surface area (Å²) in [6, 6.07) is 3.79. The Bertz CT molecular complexity index is 1230. The Balaban J connectivity index is 1.73. The molecule has 1 spiro atoms. The number of hydrogen-bond donors (Lipinski definition) is 1. The van der Waals surface area contributed by atoms with Crippen molar-refractivity contribution in [2.75, 3.05) is 31.6 Å². The van der Waals surface area contributed by atoms with Gasteiger partial charge in [-0.3, -0.25) is 14.4 Å². The number of hydrogen-bond acceptors (Lipinski definition) is 5. The fraction of sp³-hybridized carbons (Fsp3) is 0.567. The molecule has 1 N–H and O–H groups in total. The molecule has 1 aromatic carbocycles. The van der Waals surface area contributed by atoms with Crippen molar-refractivity contribution in [1.82, 2.24) is 9.80 Å². The molecule has 0 radical (unpaired) electrons. The Labute approximate surface area is 235 Å². The van der Waals surface area contributed by atoms with Gasteiger partial charge in [-0.05, 0) is 37.3 Å². The molecule has 0 aliphatic carbocycles. The Kier molecular flexibility index (Phi) is 7.19. The normalized spacial score (nSPS) is 32.9. The van der Waals surface area contributed by atoms with Crippen molar-refractivity contribution in [3.63, 3.8) is 0 Å². The van der Waals surface area contributed by atoms with Gasteiger partial charge in [-0.25, -0.2) is 0 Å². The van der Waals surface area contributed by atoms with Crippen LogP contribution in [0.25, 0.3) is 0 Å². The fourth-order valence-electron chi connectivity index (χ4n) is 7.20. The summed E-state index contributed by atoms with van der Waals surface area (Å²) in [4.78, 5) is 47.9. The molecule has 6 atom stereocenters. The Morgan fingerprint density at radius 3 is 2.44 bits per heavy atom. The van der Waals surface area contributed by atoms with Gasteiger partial charge in [0.15, 0.2) is 0 Å². The van der Waals surface area contributed by atoms with Crippen molar-refractivity contribution in [3.05, 3.63) is 53.1 Å². The third-order valence-electron chi connectivity index (χ3n) is 8.89. The quantitative estimate of drug-likeness (QED) is 0.544. The van der Waals surface area contributed by atoms with Crippen LogP contribution in [-0.2, 0) is 19.1 Å². The lowest BCUT2D eigenvalue weighted by atomic mass is 9.73. The number of aliphatic hydroxyl groups excluding tert-OH is 1. The summed E-state index contributed by atoms with van der Waals surface area (Å²) in [6.45, 7) is 8.22. The highest BCUT2D eigenvalue weighted by Gasteiger charge is 2.75. The first-order valence-corrected chi connectivity index (χ1v) is 14.2. The van der Waals surface area contributed by atoms with Gasteiger partial charge in [-0.2, -0.15) is 0 Å². The number of carbonyl (C=O) groups is 3. The molecule has 2 saturated heterocycles. The van der Waals surface area contributed by atoms with Crippen LogP contribution in [0.2, 0.25) is 5.02 Å². The van der Waals surface area contributed by atoms with Gasteiger partial charge in [0.25, 0.3) is 5.91 Å². The lowest BCUT2D eigenvalue weighted by molar-refractivity contribution is -0.152. The molecule has 4 heterocycles. The molecule has 5 rings (SSSR count). The molecule has 2 fully saturated rings. The van der Waals surface area contributed by atoms with E-state index < -0.39 is 35.1 Å². The van der Waals surface area contributed by atoms with Crippen molar-refractivity contribution < 1.29 is 24.2 Å². The highest BCUT2D eigenvalue weighted by Crippen LogP contribution is 2.59. The monoisotopic (exact) mass is 555 g/mol. The summed E-state index contributed by atoms with van der Waals surface area (Å²) in [6.07, 6.45) is 8.48. The summed E-state index contributed by atoms with van der Waals surface area (Å²) in [5, 5.41) is 10.9. The number of likely N-dealkylation sites (tertiary alicyclic amines) is 1. The summed E-state index contributed by atoms with van der Waals surface area (Å²) in [5.41, 5.74) is -0.990. The molecule has 0 aromatic heterocycles. The van der Waals surface area contributed by atoms with E-state index in [0.29, 0.717) is 30.1 Å². The number of benzene rings is 1. The number of nitrogens with zero attached hydrogens (tertiary/aromatic N) is 3. The average molecular weight is 556 g/mol. The van der Waals surface area contributed by atoms with Gasteiger partial charge in [0.2, 0.25) is 11.8 Å². The zero-order valence-corrected chi connectivity index (χ0v) is 24.0. The molecule has 0 bridgehead atoms. The van der Waals surface area contributed by atoms with Gasteiger partial charge in [0, 0.05) is 20.1 Å². The molecule has 4 aliphatic rings. The molecule has 1 unspecified atom stereocenters. The minimum absolute atomic E-state index is 0.161. The zero-order valence-electron chi connectivity index (χ0n) is 23.3. The van der Waals surface area contributed by atoms with Gasteiger partial charge in [0.05, 0.1) is 40.8 Å². The number of likely N-dealkylation sites (N-methyl/N-ethyl adjacent to an activating group) is 1. The van der Waals surface area contributed by atoms with Crippen LogP contribution in [0.3, 0.4) is 0 Å². The molecule has 39 heavy (non-hydrogen) atoms. The molecule has 4 aliphatic heterocycles. The molecule has 8 nitrogen and oxygen atoms in total. The number of aliphatic hydroxyl groups is 1. The Hall–Kier alpha value is -2.68. The summed E-state index contributed by atoms with van der Waals surface area (Å²) >= 11 is 6.63. The van der Waals surface area contributed by atoms with Crippen LogP contribution in [0, 0.1) is 24.7 Å². The summed E-state index contributed by atoms with van der Waals surface area (Å²) in [7, 11) is 1.73. The van der Waals surface area contributed by atoms with Crippen molar-refractivity contribution in [2.24, 2.45) is 17.8 Å². The maximum Gasteiger partial charge on any atom is 0.253 e. The molecule has 1 aromatic rings. The van der Waals surface area contributed by atoms with Crippen LogP contribution in [-0.4, -0.2) is 82.7 Å². The minimum Gasteiger partial charge on any atom is -0.394 e. The number of amides is 3. The van der Waals surface area contributed by atoms with Crippen molar-refractivity contribution >= 4 is 35.0 Å². The molecular formula is C30H38ClN3O5. The first kappa shape index (κ1) is 27.9. The number of aryl methyl sites for hydroxylation is 1. The predicted molar refractivity (Wildman–Crippen MR) is 149 cm³/mol. The van der Waals surface area contributed by atoms with Gasteiger partial charge in [-0.1, -0.05) is 68.8 Å². The molecular weight excluding hydrogens is 518 g/mol. The second-order valence-electron chi connectivity index (χ2n) is 11.7. The van der Waals surface area contributed by atoms with Gasteiger partial charge < -0.3 is 24.5 Å². The number of fused-ring (bicyclic) bond motifs is 2. The number of anilines is 1. The topological polar surface area (TPSA) is 90.4 Å². The van der Waals surface area contributed by atoms with Gasteiger partial charge >= 0.3 is 0 Å². The second-order valence-corrected chi connectivity index (χ2v) is 12.1. The molecule has 3 amide bonds. The molecule has 0 saturated carbocycles. The predicted octanol–water partition coefficient (Wildman–Crippen LogP) is 3.35. The molecule has 9 heteroatoms. The number of para-hydroxylation sites is 1. The summed E-state index contributed by atoms with van der Waals surface area (Å²) in [5.74, 6) is -2.38. The number of halogens is 1. The second kappa shape index (κ2) is 10.1. The van der Waals surface area contributed by atoms with Crippen LogP contribution in [0.5, 0.6) is 0 Å². The SMILES string of the molecule is CC[C@@]12C=CCN(C)C(=O)[C@@H]1[C@H]1C(=O)N([C@@H](CO)CC(C)C)C3C(=O)N(c4c(C)cccc4Cl)CC=C[C@@]31O2. The van der Waals surface area contributed by atoms with Crippen molar-refractivity contribution in [3.8, 4) is 0 Å². The first-order valence-electron chi connectivity index (χ1n) is 13.8. The van der Waals surface area contributed by atoms with Gasteiger partial charge in [0.1, 0.15) is 11.6 Å². The highest BCUT2D eigenvalue weighted by atomic mass is 35.5. The van der Waals surface area contributed by atoms with E-state index >= 15 is 0 Å². The lowest BCUT2D eigenvalue weighted by Crippen LogP contribution is -2.59. The van der Waals surface area contributed by atoms with E-state index in [9.17, 15) is 19.5 Å². The van der Waals surface area contributed by atoms with Crippen molar-refractivity contribution in [2.45, 2.75) is 63.8 Å². The lowest BCUT2D eigenvalue weighted by Gasteiger charge is -2.41. The summed E-state index contributed by atoms with van der Waals surface area (Å²) < 4.78 is 6.97. The maximum atomic E-state index is 14.7. The third kappa shape index (κ3) is 4.06. The number of ether oxygens (including phenoxy) is 1.